The first-order valence-electron chi connectivity index (χ1n) is 2.76. The number of allylic oxidation sites excluding steroid dienone is 1. The van der Waals surface area contributed by atoms with Crippen LogP contribution in [0.1, 0.15) is 6.42 Å². The Bertz CT molecular complexity index is 229. The van der Waals surface area contributed by atoms with Gasteiger partial charge in [-0.15, -0.1) is 0 Å². The number of alkyl halides is 3. The summed E-state index contributed by atoms with van der Waals surface area (Å²) in [6.45, 7) is 2.54. The number of carbonyl (C=O) groups excluding carboxylic acids is 1. The topological polar surface area (TPSA) is 54.4 Å². The second kappa shape index (κ2) is 3.38. The summed E-state index contributed by atoms with van der Waals surface area (Å²) < 4.78 is 34.9. The van der Waals surface area contributed by atoms with Crippen LogP contribution < -0.4 is 0 Å². The molecule has 68 valence electrons. The summed E-state index contributed by atoms with van der Waals surface area (Å²) in [6, 6.07) is 0. The van der Waals surface area contributed by atoms with Crippen LogP contribution in [-0.2, 0) is 9.59 Å². The van der Waals surface area contributed by atoms with Crippen molar-refractivity contribution in [2.24, 2.45) is 0 Å². The SMILES string of the molecule is C=C(CC(=O)C(=O)O)C(F)(F)F. The zero-order valence-corrected chi connectivity index (χ0v) is 5.81. The van der Waals surface area contributed by atoms with E-state index in [4.69, 9.17) is 5.11 Å². The van der Waals surface area contributed by atoms with Gasteiger partial charge in [-0.2, -0.15) is 13.2 Å². The Morgan fingerprint density at radius 2 is 1.75 bits per heavy atom. The van der Waals surface area contributed by atoms with Crippen molar-refractivity contribution in [1.82, 2.24) is 0 Å². The maximum absolute atomic E-state index is 11.6. The van der Waals surface area contributed by atoms with Gasteiger partial charge in [-0.05, 0) is 0 Å². The van der Waals surface area contributed by atoms with Gasteiger partial charge in [0.05, 0.1) is 0 Å². The summed E-state index contributed by atoms with van der Waals surface area (Å²) in [6.07, 6.45) is -5.90. The summed E-state index contributed by atoms with van der Waals surface area (Å²) in [5.74, 6) is -3.40. The number of hydrogen-bond donors (Lipinski definition) is 1. The normalized spacial score (nSPS) is 10.9. The fourth-order valence-corrected chi connectivity index (χ4v) is 0.370. The van der Waals surface area contributed by atoms with Crippen molar-refractivity contribution in [3.63, 3.8) is 0 Å². The predicted octanol–water partition coefficient (Wildman–Crippen LogP) is 1.15. The first kappa shape index (κ1) is 10.7. The predicted molar refractivity (Wildman–Crippen MR) is 32.5 cm³/mol. The highest BCUT2D eigenvalue weighted by molar-refractivity contribution is 6.33. The highest BCUT2D eigenvalue weighted by Gasteiger charge is 2.34. The summed E-state index contributed by atoms with van der Waals surface area (Å²) >= 11 is 0. The quantitative estimate of drug-likeness (QED) is 0.526. The average molecular weight is 182 g/mol. The maximum atomic E-state index is 11.6. The second-order valence-electron chi connectivity index (χ2n) is 2.01. The Kier molecular flexibility index (Phi) is 3.00. The number of carbonyl (C=O) groups is 2. The largest absolute Gasteiger partial charge is 0.475 e. The van der Waals surface area contributed by atoms with Crippen LogP contribution in [0, 0.1) is 0 Å². The Morgan fingerprint density at radius 1 is 1.33 bits per heavy atom. The molecule has 0 aliphatic heterocycles. The molecule has 0 saturated carbocycles. The van der Waals surface area contributed by atoms with Crippen molar-refractivity contribution in [2.45, 2.75) is 12.6 Å². The number of hydrogen-bond acceptors (Lipinski definition) is 2. The third-order valence-corrected chi connectivity index (χ3v) is 1.01. The van der Waals surface area contributed by atoms with Gasteiger partial charge in [0.2, 0.25) is 5.78 Å². The Morgan fingerprint density at radius 3 is 2.00 bits per heavy atom. The van der Waals surface area contributed by atoms with Gasteiger partial charge in [-0.1, -0.05) is 6.58 Å². The minimum absolute atomic E-state index is 1.20. The maximum Gasteiger partial charge on any atom is 0.412 e. The summed E-state index contributed by atoms with van der Waals surface area (Å²) in [4.78, 5) is 20.0. The molecular weight excluding hydrogens is 177 g/mol. The van der Waals surface area contributed by atoms with E-state index in [1.54, 1.807) is 0 Å². The highest BCUT2D eigenvalue weighted by Crippen LogP contribution is 2.26. The Hall–Kier alpha value is -1.33. The lowest BCUT2D eigenvalue weighted by molar-refractivity contribution is -0.149. The van der Waals surface area contributed by atoms with Gasteiger partial charge in [0.15, 0.2) is 0 Å². The lowest BCUT2D eigenvalue weighted by Gasteiger charge is -2.06. The van der Waals surface area contributed by atoms with Crippen LogP contribution in [0.5, 0.6) is 0 Å². The molecule has 0 saturated heterocycles. The molecule has 3 nitrogen and oxygen atoms in total. The molecule has 0 radical (unpaired) electrons. The monoisotopic (exact) mass is 182 g/mol. The van der Waals surface area contributed by atoms with Crippen molar-refractivity contribution >= 4 is 11.8 Å². The molecule has 0 aromatic heterocycles. The average Bonchev–Trinajstić information content (AvgIpc) is 1.85. The van der Waals surface area contributed by atoms with Crippen molar-refractivity contribution in [3.8, 4) is 0 Å². The van der Waals surface area contributed by atoms with Crippen LogP contribution in [0.25, 0.3) is 0 Å². The van der Waals surface area contributed by atoms with E-state index in [1.807, 2.05) is 0 Å². The minimum atomic E-state index is -4.70. The van der Waals surface area contributed by atoms with Gasteiger partial charge in [-0.3, -0.25) is 4.79 Å². The molecule has 0 aromatic rings. The van der Waals surface area contributed by atoms with E-state index < -0.39 is 29.9 Å². The zero-order chi connectivity index (χ0) is 9.94. The van der Waals surface area contributed by atoms with Crippen LogP contribution in [0.3, 0.4) is 0 Å². The van der Waals surface area contributed by atoms with Gasteiger partial charge >= 0.3 is 12.1 Å². The van der Waals surface area contributed by atoms with Crippen LogP contribution in [-0.4, -0.2) is 23.0 Å². The fourth-order valence-electron chi connectivity index (χ4n) is 0.370. The lowest BCUT2D eigenvalue weighted by atomic mass is 10.1. The molecule has 0 aliphatic rings. The molecule has 0 rings (SSSR count). The van der Waals surface area contributed by atoms with Gasteiger partial charge in [0, 0.05) is 12.0 Å². The summed E-state index contributed by atoms with van der Waals surface area (Å²) in [5.41, 5.74) is -1.35. The number of aliphatic carboxylic acids is 1. The highest BCUT2D eigenvalue weighted by atomic mass is 19.4. The van der Waals surface area contributed by atoms with E-state index in [0.717, 1.165) is 0 Å². The number of carboxylic acids is 1. The molecule has 0 amide bonds. The molecule has 0 aromatic carbocycles. The van der Waals surface area contributed by atoms with E-state index in [2.05, 4.69) is 6.58 Å². The molecule has 0 unspecified atom stereocenters. The minimum Gasteiger partial charge on any atom is -0.475 e. The van der Waals surface area contributed by atoms with Crippen molar-refractivity contribution in [1.29, 1.82) is 0 Å². The van der Waals surface area contributed by atoms with Gasteiger partial charge < -0.3 is 5.11 Å². The summed E-state index contributed by atoms with van der Waals surface area (Å²) in [7, 11) is 0. The molecule has 0 fully saturated rings. The van der Waals surface area contributed by atoms with E-state index in [1.165, 1.54) is 0 Å². The Balaban J connectivity index is 4.21. The first-order chi connectivity index (χ1) is 5.25. The first-order valence-corrected chi connectivity index (χ1v) is 2.76. The standard InChI is InChI=1S/C6H5F3O3/c1-3(6(7,8)9)2-4(10)5(11)12/h1-2H2,(H,11,12). The molecule has 0 heterocycles. The molecule has 0 aliphatic carbocycles. The number of Topliss-reactive ketones (excluding diaryl/α,β-unsaturated/α-hetero) is 1. The third kappa shape index (κ3) is 3.18. The molecule has 0 spiro atoms. The van der Waals surface area contributed by atoms with E-state index >= 15 is 0 Å². The molecule has 1 N–H and O–H groups in total. The number of rotatable bonds is 3. The second-order valence-corrected chi connectivity index (χ2v) is 2.01. The van der Waals surface area contributed by atoms with Crippen molar-refractivity contribution in [3.05, 3.63) is 12.2 Å². The van der Waals surface area contributed by atoms with E-state index in [-0.39, 0.29) is 0 Å². The zero-order valence-electron chi connectivity index (χ0n) is 5.81. The number of halogens is 3. The van der Waals surface area contributed by atoms with Gasteiger partial charge in [-0.25, -0.2) is 4.79 Å². The molecule has 0 atom stereocenters. The molecule has 6 heteroatoms. The van der Waals surface area contributed by atoms with Crippen LogP contribution in [0.4, 0.5) is 13.2 Å². The smallest absolute Gasteiger partial charge is 0.412 e. The van der Waals surface area contributed by atoms with E-state index in [9.17, 15) is 22.8 Å². The van der Waals surface area contributed by atoms with Crippen LogP contribution in [0.2, 0.25) is 0 Å². The molecule has 0 bridgehead atoms. The van der Waals surface area contributed by atoms with Gasteiger partial charge in [0.25, 0.3) is 0 Å². The molecule has 12 heavy (non-hydrogen) atoms. The van der Waals surface area contributed by atoms with Crippen LogP contribution >= 0.6 is 0 Å². The van der Waals surface area contributed by atoms with Crippen molar-refractivity contribution < 1.29 is 27.9 Å². The third-order valence-electron chi connectivity index (χ3n) is 1.01. The van der Waals surface area contributed by atoms with Gasteiger partial charge in [0.1, 0.15) is 0 Å². The lowest BCUT2D eigenvalue weighted by Crippen LogP contribution is -2.19. The number of ketones is 1. The number of carboxylic acid groups (broad SMARTS) is 1. The van der Waals surface area contributed by atoms with Crippen molar-refractivity contribution in [2.75, 3.05) is 0 Å². The molecular formula is C6H5F3O3. The fraction of sp³-hybridized carbons (Fsp3) is 0.333. The van der Waals surface area contributed by atoms with E-state index in [0.29, 0.717) is 0 Å². The Labute approximate surface area is 65.5 Å². The summed E-state index contributed by atoms with van der Waals surface area (Å²) in [5, 5.41) is 7.94. The van der Waals surface area contributed by atoms with Crippen LogP contribution in [0.15, 0.2) is 12.2 Å².